The Hall–Kier alpha value is -3.97. The van der Waals surface area contributed by atoms with E-state index >= 15 is 0 Å². The molecule has 1 amide bonds. The Morgan fingerprint density at radius 3 is 2.40 bits per heavy atom. The number of hydrogen-bond donors (Lipinski definition) is 4. The van der Waals surface area contributed by atoms with Crippen LogP contribution in [0.3, 0.4) is 0 Å². The lowest BCUT2D eigenvalue weighted by Crippen LogP contribution is -2.35. The Morgan fingerprint density at radius 2 is 1.71 bits per heavy atom. The number of ether oxygens (including phenoxy) is 1. The van der Waals surface area contributed by atoms with Gasteiger partial charge in [0.25, 0.3) is 10.0 Å². The Bertz CT molecular complexity index is 1670. The highest BCUT2D eigenvalue weighted by atomic mass is 35.5. The molecule has 1 heterocycles. The predicted molar refractivity (Wildman–Crippen MR) is 167 cm³/mol. The summed E-state index contributed by atoms with van der Waals surface area (Å²) in [5.41, 5.74) is 7.85. The van der Waals surface area contributed by atoms with Crippen molar-refractivity contribution in [1.82, 2.24) is 14.9 Å². The SMILES string of the molecule is COc1ccc(Cl)c(Nc2nc3ccccc3nc2NS(=O)(=O)c2cccc(NC(=O)[C@@H](N)CCCCN(C)C)c2)c1. The van der Waals surface area contributed by atoms with Crippen LogP contribution in [0.5, 0.6) is 5.75 Å². The van der Waals surface area contributed by atoms with E-state index in [1.165, 1.54) is 25.3 Å². The number of aromatic nitrogens is 2. The third-order valence-corrected chi connectivity index (χ3v) is 8.01. The summed E-state index contributed by atoms with van der Waals surface area (Å²) < 4.78 is 34.9. The molecule has 0 saturated heterocycles. The molecule has 0 saturated carbocycles. The first-order chi connectivity index (χ1) is 20.1. The van der Waals surface area contributed by atoms with Gasteiger partial charge >= 0.3 is 0 Å². The van der Waals surface area contributed by atoms with Gasteiger partial charge in [0.05, 0.1) is 39.8 Å². The molecule has 222 valence electrons. The number of benzene rings is 3. The van der Waals surface area contributed by atoms with E-state index in [4.69, 9.17) is 22.1 Å². The number of sulfonamides is 1. The molecule has 0 unspecified atom stereocenters. The number of nitrogens with two attached hydrogens (primary N) is 1. The smallest absolute Gasteiger partial charge is 0.263 e. The second-order valence-electron chi connectivity index (χ2n) is 9.91. The number of fused-ring (bicyclic) bond motifs is 1. The lowest BCUT2D eigenvalue weighted by molar-refractivity contribution is -0.117. The van der Waals surface area contributed by atoms with Gasteiger partial charge in [0.1, 0.15) is 5.75 Å². The molecule has 4 rings (SSSR count). The number of methoxy groups -OCH3 is 1. The van der Waals surface area contributed by atoms with Crippen molar-refractivity contribution < 1.29 is 17.9 Å². The van der Waals surface area contributed by atoms with Crippen molar-refractivity contribution in [1.29, 1.82) is 0 Å². The Morgan fingerprint density at radius 1 is 1.00 bits per heavy atom. The molecule has 1 aromatic heterocycles. The van der Waals surface area contributed by atoms with Crippen molar-refractivity contribution in [2.24, 2.45) is 5.73 Å². The van der Waals surface area contributed by atoms with E-state index in [0.717, 1.165) is 19.4 Å². The first-order valence-corrected chi connectivity index (χ1v) is 15.1. The number of carbonyl (C=O) groups is 1. The largest absolute Gasteiger partial charge is 0.497 e. The van der Waals surface area contributed by atoms with Crippen molar-refractivity contribution in [3.05, 3.63) is 71.8 Å². The monoisotopic (exact) mass is 611 g/mol. The first-order valence-electron chi connectivity index (χ1n) is 13.3. The zero-order valence-electron chi connectivity index (χ0n) is 23.6. The van der Waals surface area contributed by atoms with E-state index < -0.39 is 16.1 Å². The fourth-order valence-electron chi connectivity index (χ4n) is 4.10. The van der Waals surface area contributed by atoms with Crippen LogP contribution < -0.4 is 25.8 Å². The van der Waals surface area contributed by atoms with Crippen LogP contribution >= 0.6 is 11.6 Å². The third kappa shape index (κ3) is 8.07. The molecule has 5 N–H and O–H groups in total. The number of nitrogens with one attached hydrogen (secondary N) is 3. The van der Waals surface area contributed by atoms with Crippen LogP contribution in [-0.2, 0) is 14.8 Å². The number of rotatable bonds is 13. The molecule has 0 aliphatic rings. The minimum absolute atomic E-state index is 0.0400. The summed E-state index contributed by atoms with van der Waals surface area (Å²) >= 11 is 6.38. The highest BCUT2D eigenvalue weighted by Gasteiger charge is 2.21. The summed E-state index contributed by atoms with van der Waals surface area (Å²) in [4.78, 5) is 23.7. The number of hydrogen-bond acceptors (Lipinski definition) is 9. The summed E-state index contributed by atoms with van der Waals surface area (Å²) in [6, 6.07) is 17.3. The van der Waals surface area contributed by atoms with Gasteiger partial charge in [-0.25, -0.2) is 18.4 Å². The highest BCUT2D eigenvalue weighted by Crippen LogP contribution is 2.33. The van der Waals surface area contributed by atoms with Crippen molar-refractivity contribution in [2.75, 3.05) is 43.1 Å². The lowest BCUT2D eigenvalue weighted by atomic mass is 10.1. The summed E-state index contributed by atoms with van der Waals surface area (Å²) in [6.07, 6.45) is 2.24. The Kier molecular flexibility index (Phi) is 10.2. The van der Waals surface area contributed by atoms with E-state index in [0.29, 0.717) is 39.6 Å². The fraction of sp³-hybridized carbons (Fsp3) is 0.276. The predicted octanol–water partition coefficient (Wildman–Crippen LogP) is 4.83. The van der Waals surface area contributed by atoms with Crippen LogP contribution in [0, 0.1) is 0 Å². The molecule has 0 aliphatic carbocycles. The van der Waals surface area contributed by atoms with E-state index in [2.05, 4.69) is 30.2 Å². The number of halogens is 1. The molecule has 3 aromatic carbocycles. The first kappa shape index (κ1) is 31.0. The summed E-state index contributed by atoms with van der Waals surface area (Å²) in [5.74, 6) is 0.258. The number of anilines is 4. The van der Waals surface area contributed by atoms with Gasteiger partial charge in [-0.15, -0.1) is 0 Å². The van der Waals surface area contributed by atoms with Crippen LogP contribution in [-0.4, -0.2) is 63.0 Å². The normalized spacial score (nSPS) is 12.2. The lowest BCUT2D eigenvalue weighted by Gasteiger charge is -2.16. The van der Waals surface area contributed by atoms with E-state index in [1.807, 2.05) is 14.1 Å². The molecular weight excluding hydrogens is 578 g/mol. The van der Waals surface area contributed by atoms with Gasteiger partial charge in [-0.3, -0.25) is 9.52 Å². The maximum absolute atomic E-state index is 13.5. The van der Waals surface area contributed by atoms with Gasteiger partial charge in [-0.05, 0) is 75.9 Å². The quantitative estimate of drug-likeness (QED) is 0.156. The maximum Gasteiger partial charge on any atom is 0.263 e. The van der Waals surface area contributed by atoms with Crippen molar-refractivity contribution in [2.45, 2.75) is 30.2 Å². The average molecular weight is 612 g/mol. The zero-order chi connectivity index (χ0) is 30.3. The molecule has 0 aliphatic heterocycles. The number of unbranched alkanes of at least 4 members (excludes halogenated alkanes) is 1. The zero-order valence-corrected chi connectivity index (χ0v) is 25.2. The highest BCUT2D eigenvalue weighted by molar-refractivity contribution is 7.92. The van der Waals surface area contributed by atoms with Crippen LogP contribution in [0.4, 0.5) is 23.0 Å². The number of carbonyl (C=O) groups excluding carboxylic acids is 1. The van der Waals surface area contributed by atoms with Crippen molar-refractivity contribution in [3.8, 4) is 5.75 Å². The van der Waals surface area contributed by atoms with Crippen LogP contribution in [0.1, 0.15) is 19.3 Å². The molecule has 1 atom stereocenters. The summed E-state index contributed by atoms with van der Waals surface area (Å²) in [5, 5.41) is 6.17. The molecular formula is C29H34ClN7O4S. The molecule has 4 aromatic rings. The van der Waals surface area contributed by atoms with Crippen LogP contribution in [0.2, 0.25) is 5.02 Å². The maximum atomic E-state index is 13.5. The van der Waals surface area contributed by atoms with E-state index in [-0.39, 0.29) is 22.4 Å². The molecule has 0 fully saturated rings. The van der Waals surface area contributed by atoms with Gasteiger partial charge in [-0.2, -0.15) is 0 Å². The van der Waals surface area contributed by atoms with Gasteiger partial charge in [0.15, 0.2) is 11.6 Å². The number of amides is 1. The van der Waals surface area contributed by atoms with Crippen LogP contribution in [0.25, 0.3) is 11.0 Å². The number of para-hydroxylation sites is 2. The van der Waals surface area contributed by atoms with E-state index in [9.17, 15) is 13.2 Å². The number of nitrogens with zero attached hydrogens (tertiary/aromatic N) is 3. The Labute approximate surface area is 250 Å². The average Bonchev–Trinajstić information content (AvgIpc) is 2.96. The van der Waals surface area contributed by atoms with Gasteiger partial charge < -0.3 is 26.0 Å². The Balaban J connectivity index is 1.57. The second kappa shape index (κ2) is 13.8. The van der Waals surface area contributed by atoms with Crippen LogP contribution in [0.15, 0.2) is 71.6 Å². The van der Waals surface area contributed by atoms with Crippen molar-refractivity contribution in [3.63, 3.8) is 0 Å². The van der Waals surface area contributed by atoms with Gasteiger partial charge in [0, 0.05) is 11.8 Å². The second-order valence-corrected chi connectivity index (χ2v) is 12.0. The van der Waals surface area contributed by atoms with Gasteiger partial charge in [0.2, 0.25) is 5.91 Å². The molecule has 13 heteroatoms. The third-order valence-electron chi connectivity index (χ3n) is 6.35. The molecule has 0 spiro atoms. The molecule has 42 heavy (non-hydrogen) atoms. The molecule has 0 radical (unpaired) electrons. The standard InChI is InChI=1S/C29H34ClN7O4S/c1-37(2)16-7-6-11-23(31)29(38)32-19-9-8-10-21(17-19)42(39,40)36-28-27(33-24-12-4-5-13-25(24)34-28)35-26-18-20(41-3)14-15-22(26)30/h4-5,8-10,12-15,17-18,23H,6-7,11,16,31H2,1-3H3,(H,32,38)(H,33,35)(H,34,36)/t23-/m0/s1. The van der Waals surface area contributed by atoms with E-state index in [1.54, 1.807) is 48.5 Å². The topological polar surface area (TPSA) is 152 Å². The summed E-state index contributed by atoms with van der Waals surface area (Å²) in [6.45, 7) is 0.909. The van der Waals surface area contributed by atoms with Gasteiger partial charge in [-0.1, -0.05) is 36.2 Å². The fourth-order valence-corrected chi connectivity index (χ4v) is 5.32. The molecule has 11 nitrogen and oxygen atoms in total. The minimum atomic E-state index is -4.16. The van der Waals surface area contributed by atoms with Crippen molar-refractivity contribution >= 4 is 61.6 Å². The summed E-state index contributed by atoms with van der Waals surface area (Å²) in [7, 11) is 1.34. The molecule has 0 bridgehead atoms. The minimum Gasteiger partial charge on any atom is -0.497 e.